The van der Waals surface area contributed by atoms with E-state index in [2.05, 4.69) is 20.5 Å². The molecular formula is C27H31N5O6S. The van der Waals surface area contributed by atoms with Crippen molar-refractivity contribution in [3.05, 3.63) is 66.3 Å². The molecule has 0 bridgehead atoms. The summed E-state index contributed by atoms with van der Waals surface area (Å²) in [6.45, 7) is 2.85. The molecule has 1 fully saturated rings. The number of aromatic nitrogens is 3. The Morgan fingerprint density at radius 3 is 2.38 bits per heavy atom. The molecule has 1 aliphatic rings. The van der Waals surface area contributed by atoms with Crippen molar-refractivity contribution in [1.82, 2.24) is 25.4 Å². The number of carbonyl (C=O) groups is 3. The number of ketones is 1. The van der Waals surface area contributed by atoms with Gasteiger partial charge in [-0.15, -0.1) is 10.2 Å². The van der Waals surface area contributed by atoms with Gasteiger partial charge in [0.2, 0.25) is 23.5 Å². The largest absolute Gasteiger partial charge is 0.414 e. The Hall–Kier alpha value is -3.93. The Bertz CT molecular complexity index is 1390. The van der Waals surface area contributed by atoms with Gasteiger partial charge in [0.15, 0.2) is 9.84 Å². The second kappa shape index (κ2) is 12.7. The van der Waals surface area contributed by atoms with Crippen LogP contribution in [0.3, 0.4) is 0 Å². The van der Waals surface area contributed by atoms with E-state index in [1.54, 1.807) is 66.7 Å². The van der Waals surface area contributed by atoms with Gasteiger partial charge in [-0.2, -0.15) is 0 Å². The van der Waals surface area contributed by atoms with Gasteiger partial charge in [-0.25, -0.2) is 8.42 Å². The standard InChI is InChI=1S/C27H31N5O6S/c1-2-22(24(34)27-31-30-26(38-27)20-10-12-28-13-11-20)29-25(35)21(16-23(33)32-14-6-7-15-32)18-39(36,37)17-19-8-4-3-5-9-19/h3-5,8-13,21-22H,2,6-7,14-18H2,1H3,(H,29,35). The van der Waals surface area contributed by atoms with Crippen LogP contribution < -0.4 is 5.32 Å². The summed E-state index contributed by atoms with van der Waals surface area (Å²) in [5.74, 6) is -3.66. The van der Waals surface area contributed by atoms with Gasteiger partial charge < -0.3 is 14.6 Å². The smallest absolute Gasteiger partial charge is 0.286 e. The summed E-state index contributed by atoms with van der Waals surface area (Å²) in [4.78, 5) is 45.0. The van der Waals surface area contributed by atoms with E-state index in [-0.39, 0.29) is 36.3 Å². The van der Waals surface area contributed by atoms with E-state index in [0.29, 0.717) is 24.2 Å². The second-order valence-corrected chi connectivity index (χ2v) is 11.6. The lowest BCUT2D eigenvalue weighted by Crippen LogP contribution is -2.46. The number of nitrogens with one attached hydrogen (secondary N) is 1. The molecule has 4 rings (SSSR count). The van der Waals surface area contributed by atoms with E-state index >= 15 is 0 Å². The molecule has 0 radical (unpaired) electrons. The molecular weight excluding hydrogens is 522 g/mol. The number of nitrogens with zero attached hydrogens (tertiary/aromatic N) is 4. The lowest BCUT2D eigenvalue weighted by Gasteiger charge is -2.23. The highest BCUT2D eigenvalue weighted by Crippen LogP contribution is 2.20. The lowest BCUT2D eigenvalue weighted by atomic mass is 10.0. The molecule has 2 amide bonds. The molecule has 1 N–H and O–H groups in total. The van der Waals surface area contributed by atoms with Crippen LogP contribution in [0, 0.1) is 5.92 Å². The van der Waals surface area contributed by atoms with Crippen LogP contribution in [0.25, 0.3) is 11.5 Å². The third-order valence-corrected chi connectivity index (χ3v) is 8.22. The molecule has 12 heteroatoms. The maximum atomic E-state index is 13.4. The number of sulfone groups is 1. The number of rotatable bonds is 12. The number of hydrogen-bond acceptors (Lipinski definition) is 9. The Labute approximate surface area is 226 Å². The minimum atomic E-state index is -3.75. The lowest BCUT2D eigenvalue weighted by molar-refractivity contribution is -0.135. The maximum Gasteiger partial charge on any atom is 0.286 e. The van der Waals surface area contributed by atoms with Crippen molar-refractivity contribution >= 4 is 27.4 Å². The van der Waals surface area contributed by atoms with E-state index in [1.165, 1.54) is 0 Å². The fourth-order valence-corrected chi connectivity index (χ4v) is 6.15. The number of pyridine rings is 1. The fourth-order valence-electron chi connectivity index (χ4n) is 4.45. The first-order valence-corrected chi connectivity index (χ1v) is 14.7. The van der Waals surface area contributed by atoms with Gasteiger partial charge in [-0.3, -0.25) is 19.4 Å². The van der Waals surface area contributed by atoms with Crippen molar-refractivity contribution in [2.24, 2.45) is 5.92 Å². The van der Waals surface area contributed by atoms with Crippen molar-refractivity contribution in [3.63, 3.8) is 0 Å². The Balaban J connectivity index is 1.49. The van der Waals surface area contributed by atoms with Crippen LogP contribution in [-0.4, -0.2) is 71.0 Å². The van der Waals surface area contributed by atoms with Crippen molar-refractivity contribution in [1.29, 1.82) is 0 Å². The number of carbonyl (C=O) groups excluding carboxylic acids is 3. The third-order valence-electron chi connectivity index (χ3n) is 6.54. The molecule has 206 valence electrons. The predicted octanol–water partition coefficient (Wildman–Crippen LogP) is 2.45. The maximum absolute atomic E-state index is 13.4. The summed E-state index contributed by atoms with van der Waals surface area (Å²) in [5, 5.41) is 10.4. The summed E-state index contributed by atoms with van der Waals surface area (Å²) in [7, 11) is -3.75. The number of amides is 2. The van der Waals surface area contributed by atoms with Crippen molar-refractivity contribution in [2.75, 3.05) is 18.8 Å². The average Bonchev–Trinajstić information content (AvgIpc) is 3.65. The number of likely N-dealkylation sites (tertiary alicyclic amines) is 1. The van der Waals surface area contributed by atoms with Gasteiger partial charge in [0.25, 0.3) is 5.89 Å². The topological polar surface area (TPSA) is 152 Å². The highest BCUT2D eigenvalue weighted by atomic mass is 32.2. The zero-order valence-electron chi connectivity index (χ0n) is 21.7. The molecule has 0 saturated carbocycles. The molecule has 1 saturated heterocycles. The quantitative estimate of drug-likeness (QED) is 0.333. The van der Waals surface area contributed by atoms with Crippen LogP contribution in [0.15, 0.2) is 59.3 Å². The van der Waals surface area contributed by atoms with Crippen molar-refractivity contribution in [3.8, 4) is 11.5 Å². The Kier molecular flexibility index (Phi) is 9.18. The summed E-state index contributed by atoms with van der Waals surface area (Å²) in [6, 6.07) is 10.9. The SMILES string of the molecule is CCC(NC(=O)C(CC(=O)N1CCCC1)CS(=O)(=O)Cc1ccccc1)C(=O)c1nnc(-c2ccncc2)o1. The molecule has 1 aromatic carbocycles. The average molecular weight is 554 g/mol. The predicted molar refractivity (Wildman–Crippen MR) is 142 cm³/mol. The number of Topliss-reactive ketones (excluding diaryl/α,β-unsaturated/α-hetero) is 1. The highest BCUT2D eigenvalue weighted by Gasteiger charge is 2.34. The molecule has 39 heavy (non-hydrogen) atoms. The van der Waals surface area contributed by atoms with Crippen LogP contribution in [-0.2, 0) is 25.2 Å². The first-order valence-electron chi connectivity index (χ1n) is 12.9. The van der Waals surface area contributed by atoms with Gasteiger partial charge >= 0.3 is 0 Å². The molecule has 2 unspecified atom stereocenters. The molecule has 3 heterocycles. The van der Waals surface area contributed by atoms with Crippen LogP contribution in [0.4, 0.5) is 0 Å². The fraction of sp³-hybridized carbons (Fsp3) is 0.407. The minimum absolute atomic E-state index is 0.128. The highest BCUT2D eigenvalue weighted by molar-refractivity contribution is 7.90. The number of hydrogen-bond donors (Lipinski definition) is 1. The molecule has 0 aliphatic carbocycles. The van der Waals surface area contributed by atoms with Crippen LogP contribution >= 0.6 is 0 Å². The monoisotopic (exact) mass is 553 g/mol. The van der Waals surface area contributed by atoms with Crippen LogP contribution in [0.5, 0.6) is 0 Å². The molecule has 2 aromatic heterocycles. The molecule has 11 nitrogen and oxygen atoms in total. The van der Waals surface area contributed by atoms with Crippen molar-refractivity contribution < 1.29 is 27.2 Å². The normalized spacial score (nSPS) is 15.1. The zero-order valence-corrected chi connectivity index (χ0v) is 22.5. The summed E-state index contributed by atoms with van der Waals surface area (Å²) >= 11 is 0. The van der Waals surface area contributed by atoms with Gasteiger partial charge in [-0.05, 0) is 37.0 Å². The Morgan fingerprint density at radius 2 is 1.72 bits per heavy atom. The van der Waals surface area contributed by atoms with E-state index in [1.807, 2.05) is 0 Å². The summed E-state index contributed by atoms with van der Waals surface area (Å²) < 4.78 is 31.6. The first-order chi connectivity index (χ1) is 18.8. The van der Waals surface area contributed by atoms with E-state index in [0.717, 1.165) is 12.8 Å². The molecule has 1 aliphatic heterocycles. The van der Waals surface area contributed by atoms with E-state index < -0.39 is 39.2 Å². The first kappa shape index (κ1) is 28.1. The molecule has 2 atom stereocenters. The van der Waals surface area contributed by atoms with Gasteiger partial charge in [0.05, 0.1) is 23.5 Å². The van der Waals surface area contributed by atoms with E-state index in [4.69, 9.17) is 4.42 Å². The summed E-state index contributed by atoms with van der Waals surface area (Å²) in [5.41, 5.74) is 1.17. The van der Waals surface area contributed by atoms with Crippen LogP contribution in [0.1, 0.15) is 48.9 Å². The molecule has 0 spiro atoms. The third kappa shape index (κ3) is 7.56. The van der Waals surface area contributed by atoms with Gasteiger partial charge in [0.1, 0.15) is 0 Å². The zero-order chi connectivity index (χ0) is 27.8. The van der Waals surface area contributed by atoms with E-state index in [9.17, 15) is 22.8 Å². The van der Waals surface area contributed by atoms with Gasteiger partial charge in [-0.1, -0.05) is 37.3 Å². The summed E-state index contributed by atoms with van der Waals surface area (Å²) in [6.07, 6.45) is 4.76. The second-order valence-electron chi connectivity index (χ2n) is 9.51. The van der Waals surface area contributed by atoms with Crippen LogP contribution in [0.2, 0.25) is 0 Å². The van der Waals surface area contributed by atoms with Gasteiger partial charge in [0, 0.05) is 37.5 Å². The minimum Gasteiger partial charge on any atom is -0.414 e. The molecule has 3 aromatic rings. The Morgan fingerprint density at radius 1 is 1.03 bits per heavy atom. The van der Waals surface area contributed by atoms with Crippen molar-refractivity contribution in [2.45, 2.75) is 44.4 Å². The number of benzene rings is 1.